The van der Waals surface area contributed by atoms with Crippen LogP contribution in [0.1, 0.15) is 85.7 Å². The van der Waals surface area contributed by atoms with Gasteiger partial charge in [0.05, 0.1) is 45.4 Å². The Kier molecular flexibility index (Phi) is 10.7. The van der Waals surface area contributed by atoms with Crippen molar-refractivity contribution in [2.75, 3.05) is 66.0 Å². The quantitative estimate of drug-likeness (QED) is 0.124. The summed E-state index contributed by atoms with van der Waals surface area (Å²) in [5.74, 6) is -1.86. The maximum atomic E-state index is 15.7. The van der Waals surface area contributed by atoms with Crippen molar-refractivity contribution in [1.82, 2.24) is 29.7 Å². The molecule has 3 fully saturated rings. The van der Waals surface area contributed by atoms with Crippen molar-refractivity contribution in [1.29, 1.82) is 0 Å². The predicted molar refractivity (Wildman–Crippen MR) is 249 cm³/mol. The number of carbonyl (C=O) groups is 4. The number of fused-ring (bicyclic) bond motifs is 6. The number of amides is 1. The number of esters is 3. The third-order valence-corrected chi connectivity index (χ3v) is 17.1. The van der Waals surface area contributed by atoms with Gasteiger partial charge in [-0.05, 0) is 74.2 Å². The fourth-order valence-corrected chi connectivity index (χ4v) is 14.6. The van der Waals surface area contributed by atoms with Crippen LogP contribution in [-0.4, -0.2) is 144 Å². The zero-order valence-electron chi connectivity index (χ0n) is 39.8. The summed E-state index contributed by atoms with van der Waals surface area (Å²) in [6.07, 6.45) is 9.17. The van der Waals surface area contributed by atoms with Crippen LogP contribution in [0, 0.1) is 11.3 Å². The van der Waals surface area contributed by atoms with Crippen molar-refractivity contribution in [3.05, 3.63) is 89.2 Å². The fourth-order valence-electron chi connectivity index (χ4n) is 14.6. The fraction of sp³-hybridized carbons (Fsp3) is 0.549. The van der Waals surface area contributed by atoms with Crippen molar-refractivity contribution >= 4 is 40.4 Å². The second kappa shape index (κ2) is 15.9. The largest absolute Gasteiger partial charge is 0.496 e. The van der Waals surface area contributed by atoms with Gasteiger partial charge in [0.25, 0.3) is 5.91 Å². The first-order chi connectivity index (χ1) is 32.1. The molecule has 1 spiro atoms. The van der Waals surface area contributed by atoms with E-state index in [0.29, 0.717) is 88.3 Å². The number of nitrogens with zero attached hydrogens (tertiary/aromatic N) is 5. The number of aliphatic hydroxyl groups is 1. The molecule has 356 valence electrons. The monoisotopic (exact) mass is 917 g/mol. The Morgan fingerprint density at radius 1 is 0.970 bits per heavy atom. The van der Waals surface area contributed by atoms with E-state index in [2.05, 4.69) is 50.2 Å². The minimum absolute atomic E-state index is 0.134. The van der Waals surface area contributed by atoms with E-state index in [0.717, 1.165) is 33.4 Å². The molecule has 1 amide bonds. The number of H-pyrrole nitrogens is 1. The number of hydrogen-bond acceptors (Lipinski definition) is 13. The summed E-state index contributed by atoms with van der Waals surface area (Å²) in [5.41, 5.74) is -1.12. The van der Waals surface area contributed by atoms with Crippen LogP contribution in [0.3, 0.4) is 0 Å². The Morgan fingerprint density at radius 3 is 2.43 bits per heavy atom. The average Bonchev–Trinajstić information content (AvgIpc) is 4.10. The molecule has 5 aliphatic heterocycles. The second-order valence-electron chi connectivity index (χ2n) is 20.1. The van der Waals surface area contributed by atoms with Crippen LogP contribution in [0.4, 0.5) is 5.69 Å². The van der Waals surface area contributed by atoms with Crippen LogP contribution < -0.4 is 15.0 Å². The molecule has 3 N–H and O–H groups in total. The van der Waals surface area contributed by atoms with Crippen molar-refractivity contribution in [3.63, 3.8) is 0 Å². The Hall–Kier alpha value is -5.71. The van der Waals surface area contributed by atoms with Crippen LogP contribution in [0.15, 0.2) is 61.1 Å². The number of carbonyl (C=O) groups excluding carboxylic acids is 4. The van der Waals surface area contributed by atoms with Gasteiger partial charge in [-0.2, -0.15) is 0 Å². The summed E-state index contributed by atoms with van der Waals surface area (Å²) in [7, 11) is 7.96. The Balaban J connectivity index is 1.23. The van der Waals surface area contributed by atoms with E-state index in [-0.39, 0.29) is 17.9 Å². The first-order valence-electron chi connectivity index (χ1n) is 23.7. The lowest BCUT2D eigenvalue weighted by molar-refractivity contribution is -0.228. The topological polar surface area (TPSA) is 181 Å². The van der Waals surface area contributed by atoms with Gasteiger partial charge in [-0.1, -0.05) is 44.2 Å². The van der Waals surface area contributed by atoms with Gasteiger partial charge >= 0.3 is 17.9 Å². The molecule has 67 heavy (non-hydrogen) atoms. The first-order valence-corrected chi connectivity index (χ1v) is 23.7. The molecule has 10 rings (SSSR count). The van der Waals surface area contributed by atoms with Gasteiger partial charge in [0.2, 0.25) is 5.60 Å². The van der Waals surface area contributed by atoms with E-state index in [4.69, 9.17) is 18.9 Å². The van der Waals surface area contributed by atoms with Crippen molar-refractivity contribution in [2.45, 2.75) is 99.5 Å². The number of rotatable bonds is 9. The summed E-state index contributed by atoms with van der Waals surface area (Å²) < 4.78 is 25.9. The highest BCUT2D eigenvalue weighted by molar-refractivity contribution is 5.95. The molecular weight excluding hydrogens is 855 g/mol. The summed E-state index contributed by atoms with van der Waals surface area (Å²) in [5, 5.41) is 17.9. The molecule has 1 saturated carbocycles. The molecule has 6 aliphatic rings. The standard InChI is InChI=1S/C51H63N7O9/c1-9-47(54-41(60)38-26-52-29-55(38)4)24-31-25-50(45(61)65-7,40-33(16-20-57(27-31)28-47)32-14-11-12-15-36(32)53-40)35-22-34-37(23-39(35)64-6)56(5)43-49(34)18-21-58-19-13-17-48(10-2,42(49)58)44(67-30(3)59)51(43,63)46(62)66-8/h11-15,17,22-23,26,29,31,42-44,53,63H,9-10,16,18-21,24-25,27-28H2,1-8H3,(H,54,60)/t31-,42+,43-,44-,47+,48-,49-,50+,51+/m1/s1. The second-order valence-corrected chi connectivity index (χ2v) is 20.1. The van der Waals surface area contributed by atoms with Gasteiger partial charge in [-0.15, -0.1) is 0 Å². The summed E-state index contributed by atoms with van der Waals surface area (Å²) in [4.78, 5) is 72.1. The highest BCUT2D eigenvalue weighted by Gasteiger charge is 2.80. The zero-order chi connectivity index (χ0) is 47.4. The molecule has 4 aromatic rings. The van der Waals surface area contributed by atoms with E-state index in [1.807, 2.05) is 56.3 Å². The van der Waals surface area contributed by atoms with E-state index in [9.17, 15) is 19.5 Å². The van der Waals surface area contributed by atoms with Gasteiger partial charge in [-0.25, -0.2) is 9.78 Å². The van der Waals surface area contributed by atoms with Crippen LogP contribution in [-0.2, 0) is 52.9 Å². The Labute approximate surface area is 390 Å². The number of methoxy groups -OCH3 is 3. The number of aromatic nitrogens is 3. The number of para-hydroxylation sites is 1. The summed E-state index contributed by atoms with van der Waals surface area (Å²) >= 11 is 0. The molecule has 2 saturated heterocycles. The smallest absolute Gasteiger partial charge is 0.344 e. The van der Waals surface area contributed by atoms with E-state index >= 15 is 4.79 Å². The highest BCUT2D eigenvalue weighted by atomic mass is 16.6. The SMILES string of the molecule is CC[C@]1(NC(=O)c2cncn2C)C[C@H]2CN(CCc3c([nH]c4ccccc34)[C@@](C(=O)OC)(c3cc4c(cc3OC)N(C)[C@H]3[C@@](O)(C(=O)OC)[C@H](OC(C)=O)[C@]5(CC)C=CCN6CC[C@]43[C@@H]65)C2)C1. The van der Waals surface area contributed by atoms with Crippen LogP contribution in [0.25, 0.3) is 10.9 Å². The number of hydrogen-bond donors (Lipinski definition) is 3. The number of likely N-dealkylation sites (N-methyl/N-ethyl adjacent to an activating group) is 1. The molecule has 7 heterocycles. The maximum Gasteiger partial charge on any atom is 0.344 e. The minimum Gasteiger partial charge on any atom is -0.496 e. The number of imidazole rings is 1. The molecule has 2 aromatic carbocycles. The third-order valence-electron chi connectivity index (χ3n) is 17.1. The molecular formula is C51H63N7O9. The van der Waals surface area contributed by atoms with Crippen molar-refractivity contribution < 1.29 is 43.2 Å². The van der Waals surface area contributed by atoms with Gasteiger partial charge in [0, 0.05) is 98.0 Å². The number of benzene rings is 2. The summed E-state index contributed by atoms with van der Waals surface area (Å²) in [6.45, 7) is 8.69. The highest BCUT2D eigenvalue weighted by Crippen LogP contribution is 2.68. The van der Waals surface area contributed by atoms with E-state index in [1.165, 1.54) is 21.1 Å². The maximum absolute atomic E-state index is 15.7. The van der Waals surface area contributed by atoms with Crippen LogP contribution in [0.2, 0.25) is 0 Å². The molecule has 10 atom stereocenters. The van der Waals surface area contributed by atoms with Gasteiger partial charge in [-0.3, -0.25) is 19.3 Å². The summed E-state index contributed by atoms with van der Waals surface area (Å²) in [6, 6.07) is 10.9. The first kappa shape index (κ1) is 45.1. The normalized spacial score (nSPS) is 33.9. The van der Waals surface area contributed by atoms with E-state index in [1.54, 1.807) is 24.2 Å². The molecule has 2 aromatic heterocycles. The third kappa shape index (κ3) is 6.10. The number of ether oxygens (including phenoxy) is 4. The number of aromatic amines is 1. The lowest BCUT2D eigenvalue weighted by atomic mass is 9.47. The molecule has 1 aliphatic carbocycles. The molecule has 0 radical (unpaired) electrons. The van der Waals surface area contributed by atoms with Gasteiger partial charge in [0.15, 0.2) is 6.10 Å². The predicted octanol–water partition coefficient (Wildman–Crippen LogP) is 4.16. The molecule has 2 bridgehead atoms. The Morgan fingerprint density at radius 2 is 1.75 bits per heavy atom. The van der Waals surface area contributed by atoms with E-state index < -0.39 is 57.4 Å². The minimum atomic E-state index is -2.33. The average molecular weight is 918 g/mol. The lowest BCUT2D eigenvalue weighted by Gasteiger charge is -2.63. The number of nitrogens with one attached hydrogen (secondary N) is 2. The van der Waals surface area contributed by atoms with Crippen molar-refractivity contribution in [3.8, 4) is 5.75 Å². The molecule has 16 heteroatoms. The Bertz CT molecular complexity index is 2710. The van der Waals surface area contributed by atoms with Gasteiger partial charge in [0.1, 0.15) is 16.9 Å². The number of aryl methyl sites for hydroxylation is 1. The number of anilines is 1. The number of piperidine rings is 1. The van der Waals surface area contributed by atoms with Crippen LogP contribution >= 0.6 is 0 Å². The zero-order valence-corrected chi connectivity index (χ0v) is 39.8. The van der Waals surface area contributed by atoms with Crippen molar-refractivity contribution in [2.24, 2.45) is 18.4 Å². The van der Waals surface area contributed by atoms with Crippen LogP contribution in [0.5, 0.6) is 5.75 Å². The lowest BCUT2D eigenvalue weighted by Crippen LogP contribution is -2.81. The molecule has 1 unspecified atom stereocenters. The van der Waals surface area contributed by atoms with Gasteiger partial charge < -0.3 is 48.7 Å². The molecule has 16 nitrogen and oxygen atoms in total.